The molecule has 2 rings (SSSR count). The first-order valence-electron chi connectivity index (χ1n) is 6.81. The van der Waals surface area contributed by atoms with Gasteiger partial charge in [0.05, 0.1) is 0 Å². The van der Waals surface area contributed by atoms with Crippen LogP contribution >= 0.6 is 0 Å². The fourth-order valence-electron chi connectivity index (χ4n) is 2.82. The Morgan fingerprint density at radius 2 is 2.11 bits per heavy atom. The van der Waals surface area contributed by atoms with Gasteiger partial charge < -0.3 is 10.2 Å². The summed E-state index contributed by atoms with van der Waals surface area (Å²) in [6, 6.07) is 6.92. The predicted octanol–water partition coefficient (Wildman–Crippen LogP) is 2.47. The average molecular weight is 250 g/mol. The lowest BCUT2D eigenvalue weighted by Crippen LogP contribution is -2.27. The topological polar surface area (TPSA) is 15.3 Å². The zero-order valence-corrected chi connectivity index (χ0v) is 11.3. The monoisotopic (exact) mass is 250 g/mol. The van der Waals surface area contributed by atoms with E-state index < -0.39 is 0 Å². The zero-order valence-electron chi connectivity index (χ0n) is 11.3. The molecule has 1 aromatic rings. The highest BCUT2D eigenvalue weighted by Crippen LogP contribution is 2.21. The number of nitrogens with zero attached hydrogens (tertiary/aromatic N) is 1. The second-order valence-electron chi connectivity index (χ2n) is 5.42. The van der Waals surface area contributed by atoms with E-state index >= 15 is 0 Å². The maximum atomic E-state index is 12.9. The second-order valence-corrected chi connectivity index (χ2v) is 5.42. The summed E-state index contributed by atoms with van der Waals surface area (Å²) >= 11 is 0. The van der Waals surface area contributed by atoms with E-state index in [2.05, 4.69) is 17.1 Å². The molecule has 2 nitrogen and oxygen atoms in total. The standard InChI is InChI=1S/C15H23FN2/c1-12(14-3-5-15(16)6-4-14)10-18-8-7-13(11-18)9-17-2/h3-6,12-13,17H,7-11H2,1-2H3. The van der Waals surface area contributed by atoms with Crippen molar-refractivity contribution in [3.05, 3.63) is 35.6 Å². The molecule has 0 amide bonds. The lowest BCUT2D eigenvalue weighted by molar-refractivity contribution is 0.306. The van der Waals surface area contributed by atoms with Crippen molar-refractivity contribution < 1.29 is 4.39 Å². The summed E-state index contributed by atoms with van der Waals surface area (Å²) in [7, 11) is 2.02. The van der Waals surface area contributed by atoms with Crippen LogP contribution in [0.15, 0.2) is 24.3 Å². The molecule has 0 spiro atoms. The van der Waals surface area contributed by atoms with Gasteiger partial charge in [0, 0.05) is 13.1 Å². The van der Waals surface area contributed by atoms with Gasteiger partial charge in [-0.05, 0) is 56.1 Å². The fraction of sp³-hybridized carbons (Fsp3) is 0.600. The number of halogens is 1. The SMILES string of the molecule is CNCC1CCN(CC(C)c2ccc(F)cc2)C1. The molecular weight excluding hydrogens is 227 g/mol. The Morgan fingerprint density at radius 1 is 1.39 bits per heavy atom. The lowest BCUT2D eigenvalue weighted by Gasteiger charge is -2.21. The van der Waals surface area contributed by atoms with Crippen LogP contribution in [-0.2, 0) is 0 Å². The molecule has 0 saturated carbocycles. The Labute approximate surface area is 109 Å². The lowest BCUT2D eigenvalue weighted by atomic mass is 10.0. The van der Waals surface area contributed by atoms with E-state index in [4.69, 9.17) is 0 Å². The molecular formula is C15H23FN2. The number of rotatable bonds is 5. The molecule has 1 N–H and O–H groups in total. The van der Waals surface area contributed by atoms with Crippen molar-refractivity contribution >= 4 is 0 Å². The molecule has 1 aliphatic rings. The largest absolute Gasteiger partial charge is 0.319 e. The van der Waals surface area contributed by atoms with Crippen molar-refractivity contribution in [2.45, 2.75) is 19.3 Å². The van der Waals surface area contributed by atoms with E-state index in [-0.39, 0.29) is 5.82 Å². The normalized spacial score (nSPS) is 22.3. The van der Waals surface area contributed by atoms with Gasteiger partial charge in [0.15, 0.2) is 0 Å². The van der Waals surface area contributed by atoms with Gasteiger partial charge in [-0.1, -0.05) is 19.1 Å². The minimum atomic E-state index is -0.152. The first-order chi connectivity index (χ1) is 8.69. The smallest absolute Gasteiger partial charge is 0.123 e. The minimum Gasteiger partial charge on any atom is -0.319 e. The van der Waals surface area contributed by atoms with E-state index in [0.717, 1.165) is 19.0 Å². The molecule has 1 saturated heterocycles. The van der Waals surface area contributed by atoms with Crippen LogP contribution in [0, 0.1) is 11.7 Å². The maximum Gasteiger partial charge on any atom is 0.123 e. The third kappa shape index (κ3) is 3.53. The van der Waals surface area contributed by atoms with Crippen LogP contribution < -0.4 is 5.32 Å². The summed E-state index contributed by atoms with van der Waals surface area (Å²) in [6.07, 6.45) is 1.29. The van der Waals surface area contributed by atoms with Crippen LogP contribution in [0.5, 0.6) is 0 Å². The summed E-state index contributed by atoms with van der Waals surface area (Å²) in [5, 5.41) is 3.25. The first-order valence-corrected chi connectivity index (χ1v) is 6.81. The third-order valence-corrected chi connectivity index (χ3v) is 3.83. The molecule has 0 bridgehead atoms. The van der Waals surface area contributed by atoms with Crippen LogP contribution in [0.4, 0.5) is 4.39 Å². The average Bonchev–Trinajstić information content (AvgIpc) is 2.78. The van der Waals surface area contributed by atoms with Gasteiger partial charge in [-0.3, -0.25) is 0 Å². The third-order valence-electron chi connectivity index (χ3n) is 3.83. The molecule has 1 aliphatic heterocycles. The molecule has 2 unspecified atom stereocenters. The highest BCUT2D eigenvalue weighted by atomic mass is 19.1. The number of nitrogens with one attached hydrogen (secondary N) is 1. The van der Waals surface area contributed by atoms with Gasteiger partial charge in [0.1, 0.15) is 5.82 Å². The molecule has 2 atom stereocenters. The Hall–Kier alpha value is -0.930. The Morgan fingerprint density at radius 3 is 2.78 bits per heavy atom. The quantitative estimate of drug-likeness (QED) is 0.863. The maximum absolute atomic E-state index is 12.9. The van der Waals surface area contributed by atoms with Crippen molar-refractivity contribution in [1.82, 2.24) is 10.2 Å². The second kappa shape index (κ2) is 6.30. The van der Waals surface area contributed by atoms with Crippen molar-refractivity contribution in [3.63, 3.8) is 0 Å². The number of hydrogen-bond donors (Lipinski definition) is 1. The minimum absolute atomic E-state index is 0.152. The Balaban J connectivity index is 1.84. The van der Waals surface area contributed by atoms with Crippen molar-refractivity contribution in [3.8, 4) is 0 Å². The molecule has 0 aromatic heterocycles. The van der Waals surface area contributed by atoms with Crippen molar-refractivity contribution in [2.24, 2.45) is 5.92 Å². The summed E-state index contributed by atoms with van der Waals surface area (Å²) in [4.78, 5) is 2.52. The van der Waals surface area contributed by atoms with Gasteiger partial charge in [-0.25, -0.2) is 4.39 Å². The molecule has 0 radical (unpaired) electrons. The summed E-state index contributed by atoms with van der Waals surface area (Å²) in [5.74, 6) is 1.11. The van der Waals surface area contributed by atoms with E-state index in [1.807, 2.05) is 19.2 Å². The van der Waals surface area contributed by atoms with Crippen molar-refractivity contribution in [2.75, 3.05) is 33.2 Å². The van der Waals surface area contributed by atoms with Crippen LogP contribution in [0.25, 0.3) is 0 Å². The molecule has 1 aromatic carbocycles. The van der Waals surface area contributed by atoms with Gasteiger partial charge in [0.2, 0.25) is 0 Å². The van der Waals surface area contributed by atoms with Gasteiger partial charge in [-0.15, -0.1) is 0 Å². The van der Waals surface area contributed by atoms with Crippen LogP contribution in [0.2, 0.25) is 0 Å². The molecule has 100 valence electrons. The van der Waals surface area contributed by atoms with E-state index in [9.17, 15) is 4.39 Å². The van der Waals surface area contributed by atoms with Gasteiger partial charge in [0.25, 0.3) is 0 Å². The van der Waals surface area contributed by atoms with E-state index in [1.54, 1.807) is 12.1 Å². The van der Waals surface area contributed by atoms with Crippen LogP contribution in [0.1, 0.15) is 24.8 Å². The molecule has 0 aliphatic carbocycles. The Bertz CT molecular complexity index is 363. The van der Waals surface area contributed by atoms with Gasteiger partial charge in [-0.2, -0.15) is 0 Å². The number of benzene rings is 1. The predicted molar refractivity (Wildman–Crippen MR) is 73.3 cm³/mol. The first kappa shape index (κ1) is 13.5. The molecule has 1 heterocycles. The Kier molecular flexibility index (Phi) is 4.72. The highest BCUT2D eigenvalue weighted by molar-refractivity contribution is 5.20. The number of hydrogen-bond acceptors (Lipinski definition) is 2. The molecule has 1 fully saturated rings. The van der Waals surface area contributed by atoms with Gasteiger partial charge >= 0.3 is 0 Å². The van der Waals surface area contributed by atoms with Crippen molar-refractivity contribution in [1.29, 1.82) is 0 Å². The zero-order chi connectivity index (χ0) is 13.0. The summed E-state index contributed by atoms with van der Waals surface area (Å²) in [6.45, 7) is 6.79. The van der Waals surface area contributed by atoms with E-state index in [1.165, 1.54) is 25.1 Å². The summed E-state index contributed by atoms with van der Waals surface area (Å²) < 4.78 is 12.9. The van der Waals surface area contributed by atoms with Crippen LogP contribution in [-0.4, -0.2) is 38.1 Å². The summed E-state index contributed by atoms with van der Waals surface area (Å²) in [5.41, 5.74) is 1.23. The number of likely N-dealkylation sites (tertiary alicyclic amines) is 1. The highest BCUT2D eigenvalue weighted by Gasteiger charge is 2.23. The molecule has 3 heteroatoms. The fourth-order valence-corrected chi connectivity index (χ4v) is 2.82. The van der Waals surface area contributed by atoms with Crippen LogP contribution in [0.3, 0.4) is 0 Å². The molecule has 18 heavy (non-hydrogen) atoms. The van der Waals surface area contributed by atoms with E-state index in [0.29, 0.717) is 5.92 Å².